The van der Waals surface area contributed by atoms with E-state index in [9.17, 15) is 14.9 Å². The lowest BCUT2D eigenvalue weighted by Crippen LogP contribution is -2.41. The van der Waals surface area contributed by atoms with Gasteiger partial charge < -0.3 is 4.74 Å². The third-order valence-electron chi connectivity index (χ3n) is 6.34. The van der Waals surface area contributed by atoms with Crippen molar-refractivity contribution in [1.29, 1.82) is 0 Å². The number of hydrogen-bond donors (Lipinski definition) is 0. The quantitative estimate of drug-likeness (QED) is 0.339. The lowest BCUT2D eigenvalue weighted by molar-refractivity contribution is -0.385. The van der Waals surface area contributed by atoms with E-state index in [1.807, 2.05) is 4.90 Å². The molecule has 0 unspecified atom stereocenters. The number of amides is 1. The number of nitrogens with zero attached hydrogens (tertiary/aromatic N) is 3. The molecule has 3 fully saturated rings. The summed E-state index contributed by atoms with van der Waals surface area (Å²) >= 11 is 1.42. The zero-order chi connectivity index (χ0) is 21.8. The molecule has 1 aromatic carbocycles. The molecule has 1 aliphatic heterocycles. The molecular weight excluding hydrogens is 414 g/mol. The minimum absolute atomic E-state index is 0.0232. The number of methoxy groups -OCH3 is 1. The van der Waals surface area contributed by atoms with Crippen LogP contribution in [0.3, 0.4) is 0 Å². The standard InChI is InChI=1S/C23H29N3O4S/c1-30-20-13-12-16(14-19(20)26(28)29)15-21-22(27)25(18-10-6-3-7-11-18)23(31-21)24-17-8-4-2-5-9-17/h12-15,17-18H,2-11H2,1H3. The van der Waals surface area contributed by atoms with Crippen molar-refractivity contribution in [3.05, 3.63) is 38.8 Å². The van der Waals surface area contributed by atoms with E-state index < -0.39 is 4.92 Å². The maximum absolute atomic E-state index is 13.4. The van der Waals surface area contributed by atoms with Gasteiger partial charge in [0.25, 0.3) is 5.91 Å². The molecule has 8 heteroatoms. The van der Waals surface area contributed by atoms with E-state index in [2.05, 4.69) is 0 Å². The molecule has 1 amide bonds. The van der Waals surface area contributed by atoms with Gasteiger partial charge in [0.05, 0.1) is 23.0 Å². The van der Waals surface area contributed by atoms with Crippen molar-refractivity contribution in [2.45, 2.75) is 76.3 Å². The number of amidine groups is 1. The van der Waals surface area contributed by atoms with Crippen molar-refractivity contribution < 1.29 is 14.5 Å². The third kappa shape index (κ3) is 4.95. The average molecular weight is 444 g/mol. The predicted octanol–water partition coefficient (Wildman–Crippen LogP) is 5.54. The smallest absolute Gasteiger partial charge is 0.311 e. The number of carbonyl (C=O) groups excluding carboxylic acids is 1. The minimum Gasteiger partial charge on any atom is -0.490 e. The fourth-order valence-electron chi connectivity index (χ4n) is 4.69. The summed E-state index contributed by atoms with van der Waals surface area (Å²) in [7, 11) is 1.41. The largest absolute Gasteiger partial charge is 0.490 e. The Morgan fingerprint density at radius 3 is 2.45 bits per heavy atom. The lowest BCUT2D eigenvalue weighted by Gasteiger charge is -2.31. The molecule has 0 N–H and O–H groups in total. The Bertz CT molecular complexity index is 902. The van der Waals surface area contributed by atoms with Crippen LogP contribution in [-0.2, 0) is 4.79 Å². The summed E-state index contributed by atoms with van der Waals surface area (Å²) in [5.74, 6) is 0.186. The van der Waals surface area contributed by atoms with Crippen LogP contribution >= 0.6 is 11.8 Å². The van der Waals surface area contributed by atoms with E-state index >= 15 is 0 Å². The van der Waals surface area contributed by atoms with Gasteiger partial charge in [0.1, 0.15) is 0 Å². The molecule has 3 aliphatic rings. The van der Waals surface area contributed by atoms with Crippen LogP contribution in [0.1, 0.15) is 69.8 Å². The average Bonchev–Trinajstić information content (AvgIpc) is 3.09. The summed E-state index contributed by atoms with van der Waals surface area (Å²) in [5.41, 5.74) is 0.512. The Hall–Kier alpha value is -2.35. The molecule has 7 nitrogen and oxygen atoms in total. The number of rotatable bonds is 5. The molecule has 2 aliphatic carbocycles. The first-order valence-corrected chi connectivity index (χ1v) is 12.0. The van der Waals surface area contributed by atoms with Gasteiger partial charge in [-0.1, -0.05) is 44.6 Å². The molecule has 0 bridgehead atoms. The molecule has 1 aromatic rings. The first kappa shape index (κ1) is 21.9. The van der Waals surface area contributed by atoms with Gasteiger partial charge in [-0.05, 0) is 55.2 Å². The zero-order valence-corrected chi connectivity index (χ0v) is 18.7. The Morgan fingerprint density at radius 2 is 1.81 bits per heavy atom. The van der Waals surface area contributed by atoms with Crippen LogP contribution in [0.5, 0.6) is 5.75 Å². The molecule has 166 valence electrons. The number of benzene rings is 1. The highest BCUT2D eigenvalue weighted by molar-refractivity contribution is 8.18. The Balaban J connectivity index is 1.65. The van der Waals surface area contributed by atoms with E-state index in [0.29, 0.717) is 10.5 Å². The molecule has 0 spiro atoms. The fraction of sp³-hybridized carbons (Fsp3) is 0.565. The number of carbonyl (C=O) groups is 1. The van der Waals surface area contributed by atoms with Crippen molar-refractivity contribution in [1.82, 2.24) is 4.90 Å². The van der Waals surface area contributed by atoms with Gasteiger partial charge in [-0.2, -0.15) is 0 Å². The van der Waals surface area contributed by atoms with E-state index in [4.69, 9.17) is 9.73 Å². The van der Waals surface area contributed by atoms with Crippen molar-refractivity contribution in [2.75, 3.05) is 7.11 Å². The third-order valence-corrected chi connectivity index (χ3v) is 7.34. The van der Waals surface area contributed by atoms with Gasteiger partial charge in [0.15, 0.2) is 10.9 Å². The van der Waals surface area contributed by atoms with Crippen LogP contribution < -0.4 is 4.74 Å². The molecule has 0 aromatic heterocycles. The molecular formula is C23H29N3O4S. The van der Waals surface area contributed by atoms with Gasteiger partial charge in [-0.3, -0.25) is 24.8 Å². The second-order valence-corrected chi connectivity index (χ2v) is 9.48. The van der Waals surface area contributed by atoms with Crippen LogP contribution in [0.4, 0.5) is 5.69 Å². The second kappa shape index (κ2) is 9.85. The topological polar surface area (TPSA) is 85.0 Å². The molecule has 0 atom stereocenters. The van der Waals surface area contributed by atoms with E-state index in [-0.39, 0.29) is 29.4 Å². The molecule has 1 saturated heterocycles. The van der Waals surface area contributed by atoms with Crippen LogP contribution in [0.25, 0.3) is 6.08 Å². The van der Waals surface area contributed by atoms with Crippen molar-refractivity contribution in [2.24, 2.45) is 4.99 Å². The SMILES string of the molecule is COc1ccc(C=C2SC(=NC3CCCCC3)N(C3CCCCC3)C2=O)cc1[N+](=O)[O-]. The van der Waals surface area contributed by atoms with E-state index in [0.717, 1.165) is 43.7 Å². The molecule has 2 saturated carbocycles. The number of nitro benzene ring substituents is 1. The molecule has 0 radical (unpaired) electrons. The van der Waals surface area contributed by atoms with Gasteiger partial charge in [-0.25, -0.2) is 0 Å². The van der Waals surface area contributed by atoms with Crippen molar-refractivity contribution >= 4 is 34.6 Å². The van der Waals surface area contributed by atoms with Gasteiger partial charge >= 0.3 is 5.69 Å². The summed E-state index contributed by atoms with van der Waals surface area (Å²) in [5, 5.41) is 12.2. The van der Waals surface area contributed by atoms with Crippen LogP contribution in [-0.4, -0.2) is 40.1 Å². The van der Waals surface area contributed by atoms with Gasteiger partial charge in [0, 0.05) is 12.1 Å². The van der Waals surface area contributed by atoms with E-state index in [1.165, 1.54) is 50.6 Å². The molecule has 1 heterocycles. The highest BCUT2D eigenvalue weighted by Crippen LogP contribution is 2.39. The van der Waals surface area contributed by atoms with Crippen LogP contribution in [0.2, 0.25) is 0 Å². The van der Waals surface area contributed by atoms with Gasteiger partial charge in [-0.15, -0.1) is 0 Å². The number of hydrogen-bond acceptors (Lipinski definition) is 6. The van der Waals surface area contributed by atoms with Gasteiger partial charge in [0.2, 0.25) is 0 Å². The zero-order valence-electron chi connectivity index (χ0n) is 17.9. The highest BCUT2D eigenvalue weighted by atomic mass is 32.2. The molecule has 4 rings (SSSR count). The number of thioether (sulfide) groups is 1. The Morgan fingerprint density at radius 1 is 1.13 bits per heavy atom. The first-order chi connectivity index (χ1) is 15.1. The van der Waals surface area contributed by atoms with Crippen LogP contribution in [0, 0.1) is 10.1 Å². The van der Waals surface area contributed by atoms with E-state index in [1.54, 1.807) is 18.2 Å². The monoisotopic (exact) mass is 443 g/mol. The maximum Gasteiger partial charge on any atom is 0.311 e. The molecule has 31 heavy (non-hydrogen) atoms. The summed E-state index contributed by atoms with van der Waals surface area (Å²) in [6.45, 7) is 0. The normalized spacial score (nSPS) is 23.6. The van der Waals surface area contributed by atoms with Crippen molar-refractivity contribution in [3.8, 4) is 5.75 Å². The second-order valence-electron chi connectivity index (χ2n) is 8.47. The summed E-state index contributed by atoms with van der Waals surface area (Å²) < 4.78 is 5.09. The minimum atomic E-state index is -0.464. The predicted molar refractivity (Wildman–Crippen MR) is 123 cm³/mol. The van der Waals surface area contributed by atoms with Crippen molar-refractivity contribution in [3.63, 3.8) is 0 Å². The maximum atomic E-state index is 13.4. The number of ether oxygens (including phenoxy) is 1. The summed E-state index contributed by atoms with van der Waals surface area (Å²) in [4.78, 5) is 31.8. The number of nitro groups is 1. The number of aliphatic imine (C=N–C) groups is 1. The highest BCUT2D eigenvalue weighted by Gasteiger charge is 2.39. The summed E-state index contributed by atoms with van der Waals surface area (Å²) in [6.07, 6.45) is 13.1. The summed E-state index contributed by atoms with van der Waals surface area (Å²) in [6, 6.07) is 5.27. The lowest BCUT2D eigenvalue weighted by atomic mass is 9.94. The van der Waals surface area contributed by atoms with Crippen LogP contribution in [0.15, 0.2) is 28.1 Å². The Kier molecular flexibility index (Phi) is 6.95. The first-order valence-electron chi connectivity index (χ1n) is 11.2. The Labute approximate surface area is 187 Å². The fourth-order valence-corrected chi connectivity index (χ4v) is 5.80.